The van der Waals surface area contributed by atoms with Gasteiger partial charge in [-0.2, -0.15) is 0 Å². The van der Waals surface area contributed by atoms with E-state index in [1.165, 1.54) is 103 Å². The first-order chi connectivity index (χ1) is 22.3. The van der Waals surface area contributed by atoms with Gasteiger partial charge >= 0.3 is 0 Å². The van der Waals surface area contributed by atoms with E-state index in [1.54, 1.807) is 0 Å². The number of benzene rings is 10. The molecule has 0 fully saturated rings. The van der Waals surface area contributed by atoms with E-state index in [2.05, 4.69) is 152 Å². The Morgan fingerprint density at radius 2 is 0.778 bits per heavy atom. The average Bonchev–Trinajstić information content (AvgIpc) is 3.08. The predicted octanol–water partition coefficient (Wildman–Crippen LogP) is 9.69. The summed E-state index contributed by atoms with van der Waals surface area (Å²) >= 11 is 0. The lowest BCUT2D eigenvalue weighted by molar-refractivity contribution is 1.71. The Morgan fingerprint density at radius 3 is 1.51 bits per heavy atom. The molecule has 0 N–H and O–H groups in total. The third-order valence-electron chi connectivity index (χ3n) is 10.5. The Kier molecular flexibility index (Phi) is 4.48. The van der Waals surface area contributed by atoms with Crippen molar-refractivity contribution in [2.75, 3.05) is 0 Å². The summed E-state index contributed by atoms with van der Waals surface area (Å²) in [5.74, 6) is 0. The molecular formula is C44H25B. The Hall–Kier alpha value is -5.66. The zero-order valence-electron chi connectivity index (χ0n) is 24.5. The summed E-state index contributed by atoms with van der Waals surface area (Å²) in [6.07, 6.45) is 0. The van der Waals surface area contributed by atoms with Gasteiger partial charge in [0.15, 0.2) is 0 Å². The Morgan fingerprint density at radius 1 is 0.267 bits per heavy atom. The molecule has 0 unspecified atom stereocenters. The first kappa shape index (κ1) is 23.8. The molecule has 1 aliphatic rings. The van der Waals surface area contributed by atoms with E-state index in [1.807, 2.05) is 0 Å². The minimum absolute atomic E-state index is 0.119. The van der Waals surface area contributed by atoms with Crippen molar-refractivity contribution in [1.82, 2.24) is 0 Å². The molecule has 0 radical (unpaired) electrons. The molecule has 1 heterocycles. The molecule has 1 aliphatic heterocycles. The van der Waals surface area contributed by atoms with Gasteiger partial charge in [-0.25, -0.2) is 0 Å². The molecule has 0 atom stereocenters. The molecule has 11 rings (SSSR count). The minimum Gasteiger partial charge on any atom is -0.0680 e. The molecule has 10 aromatic carbocycles. The highest BCUT2D eigenvalue weighted by molar-refractivity contribution is 6.99. The molecular weight excluding hydrogens is 539 g/mol. The Labute approximate surface area is 260 Å². The molecule has 1 heteroatoms. The van der Waals surface area contributed by atoms with Crippen molar-refractivity contribution in [3.63, 3.8) is 0 Å². The van der Waals surface area contributed by atoms with Crippen LogP contribution >= 0.6 is 0 Å². The van der Waals surface area contributed by atoms with Crippen LogP contribution in [0.5, 0.6) is 0 Å². The van der Waals surface area contributed by atoms with E-state index in [0.717, 1.165) is 0 Å². The second-order valence-corrected chi connectivity index (χ2v) is 12.9. The number of hydrogen-bond acceptors (Lipinski definition) is 0. The maximum atomic E-state index is 2.50. The zero-order valence-corrected chi connectivity index (χ0v) is 24.5. The van der Waals surface area contributed by atoms with Crippen molar-refractivity contribution in [2.45, 2.75) is 0 Å². The van der Waals surface area contributed by atoms with Crippen LogP contribution in [0.25, 0.3) is 86.5 Å². The van der Waals surface area contributed by atoms with E-state index in [9.17, 15) is 0 Å². The van der Waals surface area contributed by atoms with Crippen LogP contribution < -0.4 is 16.4 Å². The van der Waals surface area contributed by atoms with Crippen molar-refractivity contribution >= 4 is 98.5 Å². The van der Waals surface area contributed by atoms with E-state index < -0.39 is 0 Å². The highest BCUT2D eigenvalue weighted by atomic mass is 14.2. The zero-order chi connectivity index (χ0) is 29.2. The molecule has 0 aromatic heterocycles. The summed E-state index contributed by atoms with van der Waals surface area (Å²) in [5.41, 5.74) is 6.85. The maximum absolute atomic E-state index is 2.50. The van der Waals surface area contributed by atoms with E-state index >= 15 is 0 Å². The fraction of sp³-hybridized carbons (Fsp3) is 0. The molecule has 0 amide bonds. The third kappa shape index (κ3) is 3.22. The van der Waals surface area contributed by atoms with Crippen LogP contribution in [0.15, 0.2) is 152 Å². The van der Waals surface area contributed by atoms with Gasteiger partial charge in [-0.3, -0.25) is 0 Å². The summed E-state index contributed by atoms with van der Waals surface area (Å²) in [6, 6.07) is 57.6. The lowest BCUT2D eigenvalue weighted by Crippen LogP contribution is -2.54. The highest BCUT2D eigenvalue weighted by Crippen LogP contribution is 2.41. The molecule has 0 bridgehead atoms. The van der Waals surface area contributed by atoms with E-state index in [4.69, 9.17) is 0 Å². The predicted molar refractivity (Wildman–Crippen MR) is 197 cm³/mol. The maximum Gasteiger partial charge on any atom is 0.242 e. The van der Waals surface area contributed by atoms with Crippen LogP contribution in [0, 0.1) is 0 Å². The van der Waals surface area contributed by atoms with Gasteiger partial charge in [-0.15, -0.1) is 0 Å². The fourth-order valence-electron chi connectivity index (χ4n) is 8.48. The normalized spacial score (nSPS) is 12.8. The second kappa shape index (κ2) is 8.49. The van der Waals surface area contributed by atoms with Gasteiger partial charge in [-0.1, -0.05) is 138 Å². The van der Waals surface area contributed by atoms with Gasteiger partial charge < -0.3 is 0 Å². The van der Waals surface area contributed by atoms with Gasteiger partial charge in [-0.05, 0) is 117 Å². The summed E-state index contributed by atoms with van der Waals surface area (Å²) < 4.78 is 0. The Balaban J connectivity index is 1.29. The van der Waals surface area contributed by atoms with Crippen LogP contribution in [0.1, 0.15) is 0 Å². The quantitative estimate of drug-likeness (QED) is 0.106. The van der Waals surface area contributed by atoms with Crippen molar-refractivity contribution in [3.8, 4) is 11.1 Å². The van der Waals surface area contributed by atoms with E-state index in [0.29, 0.717) is 0 Å². The first-order valence-corrected chi connectivity index (χ1v) is 15.9. The van der Waals surface area contributed by atoms with Crippen LogP contribution in [0.4, 0.5) is 0 Å². The van der Waals surface area contributed by atoms with Crippen molar-refractivity contribution in [2.24, 2.45) is 0 Å². The summed E-state index contributed by atoms with van der Waals surface area (Å²) in [6.45, 7) is 0.119. The average molecular weight is 564 g/mol. The largest absolute Gasteiger partial charge is 0.242 e. The third-order valence-corrected chi connectivity index (χ3v) is 10.5. The summed E-state index contributed by atoms with van der Waals surface area (Å²) in [7, 11) is 0. The van der Waals surface area contributed by atoms with Gasteiger partial charge in [0.2, 0.25) is 6.71 Å². The lowest BCUT2D eigenvalue weighted by Gasteiger charge is -2.30. The van der Waals surface area contributed by atoms with Crippen LogP contribution in [-0.4, -0.2) is 6.71 Å². The monoisotopic (exact) mass is 564 g/mol. The molecule has 10 aromatic rings. The highest BCUT2D eigenvalue weighted by Gasteiger charge is 2.33. The number of fused-ring (bicyclic) bond motifs is 6. The number of hydrogen-bond donors (Lipinski definition) is 0. The second-order valence-electron chi connectivity index (χ2n) is 12.9. The summed E-state index contributed by atoms with van der Waals surface area (Å²) in [4.78, 5) is 0. The molecule has 0 nitrogen and oxygen atoms in total. The fourth-order valence-corrected chi connectivity index (χ4v) is 8.48. The molecule has 204 valence electrons. The lowest BCUT2D eigenvalue weighted by atomic mass is 9.33. The van der Waals surface area contributed by atoms with Crippen LogP contribution in [0.2, 0.25) is 0 Å². The van der Waals surface area contributed by atoms with Gasteiger partial charge in [0.05, 0.1) is 0 Å². The summed E-state index contributed by atoms with van der Waals surface area (Å²) in [5, 5.41) is 18.5. The molecule has 0 spiro atoms. The molecule has 0 saturated heterocycles. The standard InChI is InChI=1S/C44H25B/c1-2-7-29-19-34-22-37(16-14-32(34)18-28(29)6-1)45-40-25-36-21-31-9-4-3-8-30(31)20-35(36)23-39(40)38-17-15-27-13-12-26-10-5-11-33-24-41(45)44(38)43(27)42(26)33/h1-25H. The van der Waals surface area contributed by atoms with Gasteiger partial charge in [0.1, 0.15) is 0 Å². The van der Waals surface area contributed by atoms with Gasteiger partial charge in [0.25, 0.3) is 0 Å². The van der Waals surface area contributed by atoms with Crippen LogP contribution in [0.3, 0.4) is 0 Å². The van der Waals surface area contributed by atoms with Crippen molar-refractivity contribution in [1.29, 1.82) is 0 Å². The minimum atomic E-state index is 0.119. The molecule has 45 heavy (non-hydrogen) atoms. The topological polar surface area (TPSA) is 0 Å². The smallest absolute Gasteiger partial charge is 0.0680 e. The first-order valence-electron chi connectivity index (χ1n) is 15.9. The number of rotatable bonds is 1. The molecule has 0 aliphatic carbocycles. The molecule has 0 saturated carbocycles. The van der Waals surface area contributed by atoms with Crippen molar-refractivity contribution in [3.05, 3.63) is 152 Å². The Bertz CT molecular complexity index is 2880. The SMILES string of the molecule is c1ccc2cc3cc(B4c5cc6cc7ccccc7cc6cc5-c5ccc6ccc7cccc8cc4c5c6c78)ccc3cc2c1. The van der Waals surface area contributed by atoms with E-state index in [-0.39, 0.29) is 6.71 Å². The van der Waals surface area contributed by atoms with Gasteiger partial charge in [0, 0.05) is 0 Å². The van der Waals surface area contributed by atoms with Crippen molar-refractivity contribution < 1.29 is 0 Å². The van der Waals surface area contributed by atoms with Crippen LogP contribution in [-0.2, 0) is 0 Å².